The van der Waals surface area contributed by atoms with Crippen LogP contribution in [0, 0.1) is 13.8 Å². The third-order valence-corrected chi connectivity index (χ3v) is 15.8. The van der Waals surface area contributed by atoms with E-state index in [9.17, 15) is 0 Å². The number of para-hydroxylation sites is 4. The molecule has 75 heavy (non-hydrogen) atoms. The summed E-state index contributed by atoms with van der Waals surface area (Å²) in [6.07, 6.45) is 0. The van der Waals surface area contributed by atoms with Crippen LogP contribution < -0.4 is 9.80 Å². The number of hydrogen-bond acceptors (Lipinski definition) is 4. The first-order valence-corrected chi connectivity index (χ1v) is 25.8. The fourth-order valence-electron chi connectivity index (χ4n) is 12.4. The second kappa shape index (κ2) is 16.7. The first-order chi connectivity index (χ1) is 37.0. The summed E-state index contributed by atoms with van der Waals surface area (Å²) in [6.45, 7) is 4.23. The van der Waals surface area contributed by atoms with Crippen LogP contribution in [0.25, 0.3) is 76.5 Å². The van der Waals surface area contributed by atoms with Gasteiger partial charge in [0.05, 0.1) is 5.41 Å². The number of benzene rings is 12. The molecule has 0 radical (unpaired) electrons. The molecule has 0 unspecified atom stereocenters. The van der Waals surface area contributed by atoms with Gasteiger partial charge in [0.1, 0.15) is 22.3 Å². The Morgan fingerprint density at radius 3 is 1.11 bits per heavy atom. The van der Waals surface area contributed by atoms with Gasteiger partial charge in [0.15, 0.2) is 0 Å². The number of hydrogen-bond donors (Lipinski definition) is 0. The van der Waals surface area contributed by atoms with Gasteiger partial charge in [-0.15, -0.1) is 0 Å². The Labute approximate surface area is 434 Å². The lowest BCUT2D eigenvalue weighted by atomic mass is 9.67. The molecule has 12 aromatic carbocycles. The molecule has 0 atom stereocenters. The second-order valence-electron chi connectivity index (χ2n) is 20.2. The quantitative estimate of drug-likeness (QED) is 0.152. The lowest BCUT2D eigenvalue weighted by Crippen LogP contribution is -2.28. The van der Waals surface area contributed by atoms with Gasteiger partial charge in [0.25, 0.3) is 0 Å². The van der Waals surface area contributed by atoms with Crippen LogP contribution in [0.5, 0.6) is 0 Å². The summed E-state index contributed by atoms with van der Waals surface area (Å²) in [5.74, 6) is 0. The van der Waals surface area contributed by atoms with E-state index in [0.29, 0.717) is 0 Å². The Balaban J connectivity index is 0.930. The minimum absolute atomic E-state index is 0.628. The fraction of sp³-hybridized carbons (Fsp3) is 0.0423. The largest absolute Gasteiger partial charge is 0.456 e. The predicted molar refractivity (Wildman–Crippen MR) is 312 cm³/mol. The van der Waals surface area contributed by atoms with Crippen molar-refractivity contribution >= 4 is 99.5 Å². The molecule has 0 N–H and O–H groups in total. The molecule has 15 rings (SSSR count). The molecule has 0 bridgehead atoms. The molecule has 2 heterocycles. The van der Waals surface area contributed by atoms with Crippen molar-refractivity contribution in [2.24, 2.45) is 0 Å². The van der Waals surface area contributed by atoms with E-state index in [-0.39, 0.29) is 0 Å². The van der Waals surface area contributed by atoms with Crippen LogP contribution in [-0.4, -0.2) is 0 Å². The van der Waals surface area contributed by atoms with Crippen LogP contribution in [0.2, 0.25) is 0 Å². The van der Waals surface area contributed by atoms with Gasteiger partial charge < -0.3 is 18.6 Å². The van der Waals surface area contributed by atoms with Crippen LogP contribution in [0.3, 0.4) is 0 Å². The second-order valence-corrected chi connectivity index (χ2v) is 20.2. The van der Waals surface area contributed by atoms with Crippen LogP contribution in [0.4, 0.5) is 34.1 Å². The zero-order chi connectivity index (χ0) is 49.8. The van der Waals surface area contributed by atoms with E-state index in [1.54, 1.807) is 0 Å². The summed E-state index contributed by atoms with van der Waals surface area (Å²) in [6, 6.07) is 93.4. The lowest BCUT2D eigenvalue weighted by Gasteiger charge is -2.34. The molecule has 14 aromatic rings. The molecule has 4 nitrogen and oxygen atoms in total. The number of nitrogens with zero attached hydrogens (tertiary/aromatic N) is 2. The van der Waals surface area contributed by atoms with Gasteiger partial charge in [0.2, 0.25) is 0 Å². The van der Waals surface area contributed by atoms with Crippen molar-refractivity contribution in [3.8, 4) is 11.1 Å². The molecule has 0 saturated carbocycles. The number of aryl methyl sites for hydroxylation is 2. The third kappa shape index (κ3) is 6.63. The monoisotopic (exact) mass is 960 g/mol. The Morgan fingerprint density at radius 1 is 0.293 bits per heavy atom. The van der Waals surface area contributed by atoms with Crippen molar-refractivity contribution in [2.75, 3.05) is 9.80 Å². The Hall–Kier alpha value is -9.64. The van der Waals surface area contributed by atoms with E-state index in [0.717, 1.165) is 89.1 Å². The SMILES string of the molecule is Cc1cccc2c1oc1ccc(N(c3ccccc3)c3ccc4cc5c(cc4c3)C(c3ccccc3)(c3ccccc3)c3cc4cc(N(c6ccccc6)c6ccc7oc8c(C)cccc8c7c6)ccc4cc3-5)cc12. The standard InChI is InChI=1S/C71H48N2O2/c1-45-17-15-27-59-63-43-57(33-35-67(63)74-69(45)59)72(53-23-11-5-12-24-53)55-31-29-47-39-61-62-40-48-30-32-56(73(54-25-13-6-14-26-54)58-34-36-68-64(44-58)60-28-16-18-46(2)70(60)75-68)38-50(48)42-66(62)71(51-19-7-3-8-20-51,52-21-9-4-10-22-52)65(61)41-49(47)37-55/h3-44H,1-2H3. The average Bonchev–Trinajstić information content (AvgIpc) is 4.19. The maximum atomic E-state index is 6.43. The van der Waals surface area contributed by atoms with Gasteiger partial charge in [-0.25, -0.2) is 0 Å². The maximum Gasteiger partial charge on any atom is 0.138 e. The van der Waals surface area contributed by atoms with Gasteiger partial charge in [-0.1, -0.05) is 146 Å². The highest BCUT2D eigenvalue weighted by Gasteiger charge is 2.46. The third-order valence-electron chi connectivity index (χ3n) is 15.8. The smallest absolute Gasteiger partial charge is 0.138 e. The molecule has 0 amide bonds. The molecule has 0 aliphatic heterocycles. The van der Waals surface area contributed by atoms with Gasteiger partial charge in [-0.05, 0) is 189 Å². The molecule has 1 aliphatic carbocycles. The molecule has 4 heteroatoms. The fourth-order valence-corrected chi connectivity index (χ4v) is 12.4. The molecule has 0 spiro atoms. The van der Waals surface area contributed by atoms with Crippen LogP contribution in [0.1, 0.15) is 33.4 Å². The van der Waals surface area contributed by atoms with E-state index >= 15 is 0 Å². The van der Waals surface area contributed by atoms with Crippen molar-refractivity contribution in [2.45, 2.75) is 19.3 Å². The molecule has 0 fully saturated rings. The molecule has 1 aliphatic rings. The average molecular weight is 961 g/mol. The number of fused-ring (bicyclic) bond motifs is 11. The topological polar surface area (TPSA) is 32.8 Å². The molecule has 354 valence electrons. The summed E-state index contributed by atoms with van der Waals surface area (Å²) >= 11 is 0. The maximum absolute atomic E-state index is 6.43. The summed E-state index contributed by atoms with van der Waals surface area (Å²) in [5, 5.41) is 9.17. The highest BCUT2D eigenvalue weighted by Crippen LogP contribution is 2.58. The normalized spacial score (nSPS) is 12.8. The van der Waals surface area contributed by atoms with E-state index in [2.05, 4.69) is 278 Å². The minimum Gasteiger partial charge on any atom is -0.456 e. The highest BCUT2D eigenvalue weighted by atomic mass is 16.3. The van der Waals surface area contributed by atoms with Crippen molar-refractivity contribution in [3.63, 3.8) is 0 Å². The van der Waals surface area contributed by atoms with Crippen LogP contribution in [0.15, 0.2) is 264 Å². The minimum atomic E-state index is -0.628. The van der Waals surface area contributed by atoms with E-state index in [1.807, 2.05) is 0 Å². The number of anilines is 6. The summed E-state index contributed by atoms with van der Waals surface area (Å²) in [4.78, 5) is 4.74. The van der Waals surface area contributed by atoms with Crippen LogP contribution >= 0.6 is 0 Å². The van der Waals surface area contributed by atoms with Crippen molar-refractivity contribution < 1.29 is 8.83 Å². The zero-order valence-electron chi connectivity index (χ0n) is 41.5. The molecular weight excluding hydrogens is 913 g/mol. The van der Waals surface area contributed by atoms with Gasteiger partial charge in [-0.3, -0.25) is 0 Å². The first-order valence-electron chi connectivity index (χ1n) is 25.8. The van der Waals surface area contributed by atoms with Gasteiger partial charge in [-0.2, -0.15) is 0 Å². The molecule has 0 saturated heterocycles. The highest BCUT2D eigenvalue weighted by molar-refractivity contribution is 6.09. The molecular formula is C71H48N2O2. The Bertz CT molecular complexity index is 4260. The van der Waals surface area contributed by atoms with Crippen molar-refractivity contribution in [1.29, 1.82) is 0 Å². The molecule has 2 aromatic heterocycles. The summed E-state index contributed by atoms with van der Waals surface area (Å²) < 4.78 is 12.9. The summed E-state index contributed by atoms with van der Waals surface area (Å²) in [7, 11) is 0. The Morgan fingerprint density at radius 2 is 0.680 bits per heavy atom. The van der Waals surface area contributed by atoms with Crippen molar-refractivity contribution in [1.82, 2.24) is 0 Å². The zero-order valence-corrected chi connectivity index (χ0v) is 41.5. The van der Waals surface area contributed by atoms with Gasteiger partial charge >= 0.3 is 0 Å². The van der Waals surface area contributed by atoms with E-state index in [4.69, 9.17) is 8.83 Å². The lowest BCUT2D eigenvalue weighted by molar-refractivity contribution is 0.665. The number of furan rings is 2. The van der Waals surface area contributed by atoms with E-state index < -0.39 is 5.41 Å². The number of rotatable bonds is 8. The van der Waals surface area contributed by atoms with E-state index in [1.165, 1.54) is 54.9 Å². The van der Waals surface area contributed by atoms with Crippen molar-refractivity contribution in [3.05, 3.63) is 288 Å². The predicted octanol–water partition coefficient (Wildman–Crippen LogP) is 19.7. The summed E-state index contributed by atoms with van der Waals surface area (Å²) in [5.41, 5.74) is 19.2. The van der Waals surface area contributed by atoms with Crippen LogP contribution in [-0.2, 0) is 5.41 Å². The first kappa shape index (κ1) is 43.0. The Kier molecular flexibility index (Phi) is 9.58. The van der Waals surface area contributed by atoms with Gasteiger partial charge in [0, 0.05) is 55.7 Å².